The predicted octanol–water partition coefficient (Wildman–Crippen LogP) is 2.58. The number of ether oxygens (including phenoxy) is 1. The van der Waals surface area contributed by atoms with E-state index < -0.39 is 0 Å². The molecule has 96 valence electrons. The maximum absolute atomic E-state index is 5.44. The van der Waals surface area contributed by atoms with Gasteiger partial charge in [-0.2, -0.15) is 0 Å². The van der Waals surface area contributed by atoms with Gasteiger partial charge in [0.05, 0.1) is 24.2 Å². The monoisotopic (exact) mass is 245 g/mol. The average molecular weight is 245 g/mol. The Labute approximate surface area is 107 Å². The quantitative estimate of drug-likeness (QED) is 0.602. The molecular weight excluding hydrogens is 226 g/mol. The molecule has 2 aromatic rings. The van der Waals surface area contributed by atoms with Gasteiger partial charge in [0, 0.05) is 13.6 Å². The van der Waals surface area contributed by atoms with Gasteiger partial charge in [-0.05, 0) is 18.6 Å². The van der Waals surface area contributed by atoms with Crippen molar-refractivity contribution in [2.24, 2.45) is 7.05 Å². The molecule has 18 heavy (non-hydrogen) atoms. The summed E-state index contributed by atoms with van der Waals surface area (Å²) >= 11 is 0. The minimum absolute atomic E-state index is 0.678. The van der Waals surface area contributed by atoms with E-state index in [2.05, 4.69) is 27.5 Å². The third-order valence-electron chi connectivity index (χ3n) is 2.78. The van der Waals surface area contributed by atoms with E-state index >= 15 is 0 Å². The first-order valence-electron chi connectivity index (χ1n) is 6.17. The van der Waals surface area contributed by atoms with E-state index in [1.807, 2.05) is 31.3 Å². The van der Waals surface area contributed by atoms with Crippen LogP contribution in [0.1, 0.15) is 6.42 Å². The summed E-state index contributed by atoms with van der Waals surface area (Å²) in [5, 5.41) is 3.28. The second-order valence-electron chi connectivity index (χ2n) is 4.10. The Bertz CT molecular complexity index is 519. The van der Waals surface area contributed by atoms with Crippen molar-refractivity contribution in [1.29, 1.82) is 0 Å². The summed E-state index contributed by atoms with van der Waals surface area (Å²) in [6, 6.07) is 8.10. The highest BCUT2D eigenvalue weighted by Gasteiger charge is 2.05. The Hall–Kier alpha value is -1.81. The fourth-order valence-corrected chi connectivity index (χ4v) is 1.81. The molecule has 0 atom stereocenters. The summed E-state index contributed by atoms with van der Waals surface area (Å²) in [4.78, 5) is 4.53. The molecular formula is C14H19N3O. The lowest BCUT2D eigenvalue weighted by Gasteiger charge is -2.06. The molecule has 0 aliphatic carbocycles. The van der Waals surface area contributed by atoms with Crippen LogP contribution < -0.4 is 5.32 Å². The number of benzene rings is 1. The molecule has 4 nitrogen and oxygen atoms in total. The zero-order valence-corrected chi connectivity index (χ0v) is 10.7. The van der Waals surface area contributed by atoms with Crippen LogP contribution >= 0.6 is 0 Å². The largest absolute Gasteiger partial charge is 0.379 e. The van der Waals surface area contributed by atoms with Crippen molar-refractivity contribution in [1.82, 2.24) is 9.55 Å². The number of hydrogen-bond acceptors (Lipinski definition) is 3. The number of nitrogens with one attached hydrogen (secondary N) is 1. The second kappa shape index (κ2) is 6.21. The van der Waals surface area contributed by atoms with E-state index in [9.17, 15) is 0 Å². The number of imidazole rings is 1. The maximum Gasteiger partial charge on any atom is 0.203 e. The van der Waals surface area contributed by atoms with Gasteiger partial charge in [0.2, 0.25) is 5.95 Å². The fraction of sp³-hybridized carbons (Fsp3) is 0.357. The molecule has 0 aliphatic rings. The van der Waals surface area contributed by atoms with Gasteiger partial charge in [-0.3, -0.25) is 0 Å². The normalized spacial score (nSPS) is 10.7. The molecule has 1 aromatic heterocycles. The zero-order chi connectivity index (χ0) is 12.8. The predicted molar refractivity (Wildman–Crippen MR) is 74.8 cm³/mol. The Morgan fingerprint density at radius 2 is 2.22 bits per heavy atom. The lowest BCUT2D eigenvalue weighted by Crippen LogP contribution is -2.12. The van der Waals surface area contributed by atoms with Crippen LogP contribution in [0.25, 0.3) is 11.0 Å². The van der Waals surface area contributed by atoms with Gasteiger partial charge in [-0.1, -0.05) is 18.2 Å². The molecule has 0 saturated carbocycles. The van der Waals surface area contributed by atoms with Crippen LogP contribution in [0.5, 0.6) is 0 Å². The molecule has 0 saturated heterocycles. The van der Waals surface area contributed by atoms with Crippen LogP contribution in [-0.4, -0.2) is 29.3 Å². The molecule has 1 aromatic carbocycles. The minimum atomic E-state index is 0.678. The van der Waals surface area contributed by atoms with Crippen molar-refractivity contribution < 1.29 is 4.74 Å². The molecule has 0 unspecified atom stereocenters. The van der Waals surface area contributed by atoms with Crippen LogP contribution in [0.2, 0.25) is 0 Å². The summed E-state index contributed by atoms with van der Waals surface area (Å²) in [6.07, 6.45) is 2.76. The van der Waals surface area contributed by atoms with Crippen molar-refractivity contribution in [2.75, 3.05) is 25.1 Å². The van der Waals surface area contributed by atoms with Gasteiger partial charge < -0.3 is 14.6 Å². The highest BCUT2D eigenvalue weighted by atomic mass is 16.5. The lowest BCUT2D eigenvalue weighted by molar-refractivity contribution is 0.148. The summed E-state index contributed by atoms with van der Waals surface area (Å²) in [5.74, 6) is 0.878. The zero-order valence-electron chi connectivity index (χ0n) is 10.7. The van der Waals surface area contributed by atoms with Gasteiger partial charge in [-0.15, -0.1) is 6.58 Å². The van der Waals surface area contributed by atoms with Crippen LogP contribution in [0.3, 0.4) is 0 Å². The Morgan fingerprint density at radius 1 is 1.39 bits per heavy atom. The number of nitrogens with zero attached hydrogens (tertiary/aromatic N) is 2. The first-order chi connectivity index (χ1) is 8.83. The number of fused-ring (bicyclic) bond motifs is 1. The molecule has 0 bridgehead atoms. The fourth-order valence-electron chi connectivity index (χ4n) is 1.81. The molecule has 0 fully saturated rings. The molecule has 0 radical (unpaired) electrons. The van der Waals surface area contributed by atoms with Gasteiger partial charge in [0.25, 0.3) is 0 Å². The van der Waals surface area contributed by atoms with Crippen molar-refractivity contribution in [3.8, 4) is 0 Å². The number of rotatable bonds is 7. The maximum atomic E-state index is 5.44. The first-order valence-corrected chi connectivity index (χ1v) is 6.17. The summed E-state index contributed by atoms with van der Waals surface area (Å²) in [5.41, 5.74) is 2.14. The number of para-hydroxylation sites is 2. The minimum Gasteiger partial charge on any atom is -0.379 e. The first kappa shape index (κ1) is 12.6. The van der Waals surface area contributed by atoms with E-state index in [0.717, 1.165) is 36.6 Å². The van der Waals surface area contributed by atoms with Crippen LogP contribution in [0.4, 0.5) is 5.95 Å². The number of hydrogen-bond donors (Lipinski definition) is 1. The highest BCUT2D eigenvalue weighted by Crippen LogP contribution is 2.16. The van der Waals surface area contributed by atoms with Gasteiger partial charge in [-0.25, -0.2) is 4.98 Å². The third-order valence-corrected chi connectivity index (χ3v) is 2.78. The summed E-state index contributed by atoms with van der Waals surface area (Å²) in [7, 11) is 2.01. The van der Waals surface area contributed by atoms with Crippen LogP contribution in [0, 0.1) is 0 Å². The average Bonchev–Trinajstić information content (AvgIpc) is 2.71. The topological polar surface area (TPSA) is 39.1 Å². The smallest absolute Gasteiger partial charge is 0.203 e. The van der Waals surface area contributed by atoms with Gasteiger partial charge in [0.1, 0.15) is 0 Å². The standard InChI is InChI=1S/C14H19N3O/c1-3-4-10-18-11-9-15-14-16-12-7-5-6-8-13(12)17(14)2/h3,5-8H,1,4,9-11H2,2H3,(H,15,16). The molecule has 4 heteroatoms. The van der Waals surface area contributed by atoms with Crippen LogP contribution in [-0.2, 0) is 11.8 Å². The van der Waals surface area contributed by atoms with Crippen LogP contribution in [0.15, 0.2) is 36.9 Å². The van der Waals surface area contributed by atoms with E-state index in [4.69, 9.17) is 4.74 Å². The molecule has 1 heterocycles. The number of anilines is 1. The Kier molecular flexibility index (Phi) is 4.36. The van der Waals surface area contributed by atoms with Crippen molar-refractivity contribution in [2.45, 2.75) is 6.42 Å². The van der Waals surface area contributed by atoms with Crippen molar-refractivity contribution >= 4 is 17.0 Å². The Morgan fingerprint density at radius 3 is 3.00 bits per heavy atom. The second-order valence-corrected chi connectivity index (χ2v) is 4.10. The highest BCUT2D eigenvalue weighted by molar-refractivity contribution is 5.78. The molecule has 0 aliphatic heterocycles. The summed E-state index contributed by atoms with van der Waals surface area (Å²) in [6.45, 7) is 5.82. The number of aromatic nitrogens is 2. The van der Waals surface area contributed by atoms with E-state index in [1.165, 1.54) is 0 Å². The summed E-state index contributed by atoms with van der Waals surface area (Å²) < 4.78 is 7.49. The SMILES string of the molecule is C=CCCOCCNc1nc2ccccc2n1C. The van der Waals surface area contributed by atoms with E-state index in [1.54, 1.807) is 0 Å². The Balaban J connectivity index is 1.88. The van der Waals surface area contributed by atoms with E-state index in [-0.39, 0.29) is 0 Å². The van der Waals surface area contributed by atoms with Gasteiger partial charge >= 0.3 is 0 Å². The van der Waals surface area contributed by atoms with E-state index in [0.29, 0.717) is 6.61 Å². The molecule has 0 amide bonds. The molecule has 1 N–H and O–H groups in total. The number of aryl methyl sites for hydroxylation is 1. The molecule has 0 spiro atoms. The third kappa shape index (κ3) is 2.90. The molecule has 2 rings (SSSR count). The van der Waals surface area contributed by atoms with Crippen molar-refractivity contribution in [3.63, 3.8) is 0 Å². The van der Waals surface area contributed by atoms with Gasteiger partial charge in [0.15, 0.2) is 0 Å². The van der Waals surface area contributed by atoms with Crippen molar-refractivity contribution in [3.05, 3.63) is 36.9 Å². The lowest BCUT2D eigenvalue weighted by atomic mass is 10.3.